The first-order valence-electron chi connectivity index (χ1n) is 8.04. The molecule has 0 fully saturated rings. The number of rotatable bonds is 7. The molecule has 0 radical (unpaired) electrons. The Labute approximate surface area is 173 Å². The first kappa shape index (κ1) is 20.2. The lowest BCUT2D eigenvalue weighted by atomic mass is 10.2. The molecule has 3 aromatic rings. The van der Waals surface area contributed by atoms with Gasteiger partial charge in [0.05, 0.1) is 5.75 Å². The third-order valence-electron chi connectivity index (χ3n) is 3.44. The van der Waals surface area contributed by atoms with Crippen LogP contribution in [0.5, 0.6) is 0 Å². The number of carbonyl (C=O) groups is 2. The van der Waals surface area contributed by atoms with Crippen molar-refractivity contribution in [2.75, 3.05) is 11.1 Å². The maximum atomic E-state index is 12.9. The zero-order chi connectivity index (χ0) is 19.9. The molecule has 0 spiro atoms. The molecule has 0 aliphatic heterocycles. The highest BCUT2D eigenvalue weighted by Gasteiger charge is 2.12. The molecule has 2 aromatic carbocycles. The highest BCUT2D eigenvalue weighted by Crippen LogP contribution is 2.25. The minimum absolute atomic E-state index is 0.151. The van der Waals surface area contributed by atoms with Crippen molar-refractivity contribution in [3.05, 3.63) is 70.5 Å². The van der Waals surface area contributed by atoms with Crippen LogP contribution in [0.1, 0.15) is 15.9 Å². The van der Waals surface area contributed by atoms with Gasteiger partial charge in [0.1, 0.15) is 5.82 Å². The van der Waals surface area contributed by atoms with E-state index in [1.165, 1.54) is 35.2 Å². The SMILES string of the molecule is O=C(CSc1nnc(NC(=O)c2cccc(Cl)c2)s1)NCc1ccc(F)cc1. The predicted octanol–water partition coefficient (Wildman–Crippen LogP) is 3.99. The molecular weight excluding hydrogens is 423 g/mol. The smallest absolute Gasteiger partial charge is 0.257 e. The zero-order valence-corrected chi connectivity index (χ0v) is 16.7. The van der Waals surface area contributed by atoms with Crippen molar-refractivity contribution in [3.63, 3.8) is 0 Å². The first-order valence-corrected chi connectivity index (χ1v) is 10.2. The van der Waals surface area contributed by atoms with E-state index in [4.69, 9.17) is 11.6 Å². The quantitative estimate of drug-likeness (QED) is 0.432. The highest BCUT2D eigenvalue weighted by atomic mass is 35.5. The molecule has 0 unspecified atom stereocenters. The van der Waals surface area contributed by atoms with Gasteiger partial charge in [0, 0.05) is 17.1 Å². The summed E-state index contributed by atoms with van der Waals surface area (Å²) in [6.07, 6.45) is 0. The van der Waals surface area contributed by atoms with Crippen molar-refractivity contribution in [1.29, 1.82) is 0 Å². The second-order valence-electron chi connectivity index (χ2n) is 5.53. The van der Waals surface area contributed by atoms with Crippen LogP contribution in [0, 0.1) is 5.82 Å². The Bertz CT molecular complexity index is 982. The number of halogens is 2. The fourth-order valence-electron chi connectivity index (χ4n) is 2.10. The number of carbonyl (C=O) groups excluding carboxylic acids is 2. The first-order chi connectivity index (χ1) is 13.5. The molecule has 10 heteroatoms. The molecular formula is C18H14ClFN4O2S2. The van der Waals surface area contributed by atoms with Crippen LogP contribution in [0.4, 0.5) is 9.52 Å². The molecule has 3 rings (SSSR count). The fourth-order valence-corrected chi connectivity index (χ4v) is 3.87. The second-order valence-corrected chi connectivity index (χ2v) is 8.17. The maximum absolute atomic E-state index is 12.9. The van der Waals surface area contributed by atoms with E-state index in [-0.39, 0.29) is 23.4 Å². The lowest BCUT2D eigenvalue weighted by molar-refractivity contribution is -0.118. The molecule has 1 heterocycles. The normalized spacial score (nSPS) is 10.5. The largest absolute Gasteiger partial charge is 0.351 e. The Morgan fingerprint density at radius 3 is 2.68 bits per heavy atom. The van der Waals surface area contributed by atoms with Crippen LogP contribution >= 0.6 is 34.7 Å². The molecule has 1 aromatic heterocycles. The summed E-state index contributed by atoms with van der Waals surface area (Å²) in [5.74, 6) is -0.695. The van der Waals surface area contributed by atoms with Gasteiger partial charge >= 0.3 is 0 Å². The van der Waals surface area contributed by atoms with E-state index in [9.17, 15) is 14.0 Å². The van der Waals surface area contributed by atoms with Crippen molar-refractivity contribution in [1.82, 2.24) is 15.5 Å². The van der Waals surface area contributed by atoms with Crippen LogP contribution in [0.25, 0.3) is 0 Å². The zero-order valence-electron chi connectivity index (χ0n) is 14.3. The third-order valence-corrected chi connectivity index (χ3v) is 5.65. The average molecular weight is 437 g/mol. The minimum atomic E-state index is -0.341. The van der Waals surface area contributed by atoms with Crippen LogP contribution in [-0.2, 0) is 11.3 Å². The summed E-state index contributed by atoms with van der Waals surface area (Å²) in [6.45, 7) is 0.316. The molecule has 0 aliphatic carbocycles. The number of aromatic nitrogens is 2. The fraction of sp³-hybridized carbons (Fsp3) is 0.111. The van der Waals surface area contributed by atoms with E-state index >= 15 is 0 Å². The summed E-state index contributed by atoms with van der Waals surface area (Å²) in [6, 6.07) is 12.5. The molecule has 0 aliphatic rings. The number of nitrogens with one attached hydrogen (secondary N) is 2. The predicted molar refractivity (Wildman–Crippen MR) is 108 cm³/mol. The summed E-state index contributed by atoms with van der Waals surface area (Å²) in [4.78, 5) is 24.1. The molecule has 6 nitrogen and oxygen atoms in total. The molecule has 144 valence electrons. The van der Waals surface area contributed by atoms with Crippen molar-refractivity contribution >= 4 is 51.6 Å². The van der Waals surface area contributed by atoms with Gasteiger partial charge in [-0.05, 0) is 35.9 Å². The lowest BCUT2D eigenvalue weighted by Gasteiger charge is -2.04. The number of hydrogen-bond donors (Lipinski definition) is 2. The lowest BCUT2D eigenvalue weighted by Crippen LogP contribution is -2.24. The number of nitrogens with zero attached hydrogens (tertiary/aromatic N) is 2. The Hall–Kier alpha value is -2.49. The number of amides is 2. The molecule has 0 saturated heterocycles. The summed E-state index contributed by atoms with van der Waals surface area (Å²) in [7, 11) is 0. The van der Waals surface area contributed by atoms with Gasteiger partial charge in [-0.15, -0.1) is 10.2 Å². The topological polar surface area (TPSA) is 84.0 Å². The van der Waals surface area contributed by atoms with E-state index < -0.39 is 0 Å². The van der Waals surface area contributed by atoms with Gasteiger partial charge in [-0.1, -0.05) is 52.9 Å². The van der Waals surface area contributed by atoms with Gasteiger partial charge in [-0.25, -0.2) is 4.39 Å². The van der Waals surface area contributed by atoms with Crippen LogP contribution in [-0.4, -0.2) is 27.8 Å². The highest BCUT2D eigenvalue weighted by molar-refractivity contribution is 8.01. The summed E-state index contributed by atoms with van der Waals surface area (Å²) in [5, 5.41) is 14.0. The van der Waals surface area contributed by atoms with Crippen molar-refractivity contribution in [2.24, 2.45) is 0 Å². The summed E-state index contributed by atoms with van der Waals surface area (Å²) in [5.41, 5.74) is 1.22. The third kappa shape index (κ3) is 6.01. The molecule has 2 amide bonds. The van der Waals surface area contributed by atoms with Crippen molar-refractivity contribution in [2.45, 2.75) is 10.9 Å². The second kappa shape index (κ2) is 9.63. The van der Waals surface area contributed by atoms with E-state index in [2.05, 4.69) is 20.8 Å². The number of thioether (sulfide) groups is 1. The monoisotopic (exact) mass is 436 g/mol. The van der Waals surface area contributed by atoms with Crippen molar-refractivity contribution in [3.8, 4) is 0 Å². The van der Waals surface area contributed by atoms with Crippen LogP contribution in [0.2, 0.25) is 5.02 Å². The van der Waals surface area contributed by atoms with Crippen LogP contribution < -0.4 is 10.6 Å². The van der Waals surface area contributed by atoms with Gasteiger partial charge < -0.3 is 5.32 Å². The summed E-state index contributed by atoms with van der Waals surface area (Å²) < 4.78 is 13.4. The molecule has 28 heavy (non-hydrogen) atoms. The van der Waals surface area contributed by atoms with Gasteiger partial charge in [0.2, 0.25) is 11.0 Å². The van der Waals surface area contributed by atoms with E-state index in [1.807, 2.05) is 0 Å². The average Bonchev–Trinajstić information content (AvgIpc) is 3.13. The van der Waals surface area contributed by atoms with Gasteiger partial charge in [0.25, 0.3) is 5.91 Å². The van der Waals surface area contributed by atoms with Gasteiger partial charge in [0.15, 0.2) is 4.34 Å². The molecule has 0 bridgehead atoms. The Balaban J connectivity index is 1.45. The Kier molecular flexibility index (Phi) is 6.96. The van der Waals surface area contributed by atoms with Crippen LogP contribution in [0.15, 0.2) is 52.9 Å². The summed E-state index contributed by atoms with van der Waals surface area (Å²) >= 11 is 8.26. The number of hydrogen-bond acceptors (Lipinski definition) is 6. The van der Waals surface area contributed by atoms with Gasteiger partial charge in [-0.2, -0.15) is 0 Å². The van der Waals surface area contributed by atoms with Crippen molar-refractivity contribution < 1.29 is 14.0 Å². The molecule has 2 N–H and O–H groups in total. The standard InChI is InChI=1S/C18H14ClFN4O2S2/c19-13-3-1-2-12(8-13)16(26)22-17-23-24-18(28-17)27-10-15(25)21-9-11-4-6-14(20)7-5-11/h1-8H,9-10H2,(H,21,25)(H,22,23,26). The maximum Gasteiger partial charge on any atom is 0.257 e. The van der Waals surface area contributed by atoms with Crippen LogP contribution in [0.3, 0.4) is 0 Å². The molecule has 0 saturated carbocycles. The number of anilines is 1. The van der Waals surface area contributed by atoms with Gasteiger partial charge in [-0.3, -0.25) is 14.9 Å². The Morgan fingerprint density at radius 2 is 1.93 bits per heavy atom. The van der Waals surface area contributed by atoms with E-state index in [1.54, 1.807) is 36.4 Å². The van der Waals surface area contributed by atoms with E-state index in [0.717, 1.165) is 5.56 Å². The number of benzene rings is 2. The molecule has 0 atom stereocenters. The Morgan fingerprint density at radius 1 is 1.14 bits per heavy atom. The van der Waals surface area contributed by atoms with E-state index in [0.29, 0.717) is 26.6 Å². The minimum Gasteiger partial charge on any atom is -0.351 e.